The molecule has 160 valence electrons. The molecule has 1 atom stereocenters. The number of ether oxygens (including phenoxy) is 1. The number of anilines is 2. The lowest BCUT2D eigenvalue weighted by atomic mass is 9.90. The van der Waals surface area contributed by atoms with Gasteiger partial charge in [0.1, 0.15) is 0 Å². The zero-order valence-electron chi connectivity index (χ0n) is 17.1. The van der Waals surface area contributed by atoms with Crippen LogP contribution in [0.5, 0.6) is 5.75 Å². The monoisotopic (exact) mass is 432 g/mol. The van der Waals surface area contributed by atoms with E-state index < -0.39 is 5.82 Å². The van der Waals surface area contributed by atoms with E-state index in [0.29, 0.717) is 25.2 Å². The quantitative estimate of drug-likeness (QED) is 0.804. The Morgan fingerprint density at radius 3 is 2.70 bits per heavy atom. The van der Waals surface area contributed by atoms with E-state index in [9.17, 15) is 14.0 Å². The molecule has 1 saturated heterocycles. The highest BCUT2D eigenvalue weighted by molar-refractivity contribution is 7.15. The summed E-state index contributed by atoms with van der Waals surface area (Å²) in [6.45, 7) is 4.58. The van der Waals surface area contributed by atoms with Crippen molar-refractivity contribution in [3.8, 4) is 5.75 Å². The summed E-state index contributed by atoms with van der Waals surface area (Å²) >= 11 is 1.64. The molecule has 0 spiro atoms. The zero-order chi connectivity index (χ0) is 21.3. The molecule has 0 bridgehead atoms. The number of hydrogen-bond donors (Lipinski definition) is 1. The largest absolute Gasteiger partial charge is 0.494 e. The van der Waals surface area contributed by atoms with Crippen molar-refractivity contribution in [1.29, 1.82) is 0 Å². The number of halogens is 1. The molecular weight excluding hydrogens is 407 g/mol. The lowest BCUT2D eigenvalue weighted by Gasteiger charge is -2.33. The van der Waals surface area contributed by atoms with Crippen LogP contribution >= 0.6 is 11.3 Å². The maximum Gasteiger partial charge on any atom is 0.227 e. The molecule has 2 heterocycles. The van der Waals surface area contributed by atoms with Crippen molar-refractivity contribution in [2.75, 3.05) is 43.5 Å². The zero-order valence-corrected chi connectivity index (χ0v) is 17.9. The average molecular weight is 433 g/mol. The molecule has 0 radical (unpaired) electrons. The Hall–Kier alpha value is -2.68. The minimum Gasteiger partial charge on any atom is -0.494 e. The molecule has 1 aliphatic carbocycles. The van der Waals surface area contributed by atoms with Gasteiger partial charge in [0, 0.05) is 55.7 Å². The minimum atomic E-state index is -0.502. The van der Waals surface area contributed by atoms with Crippen molar-refractivity contribution >= 4 is 34.0 Å². The van der Waals surface area contributed by atoms with Crippen molar-refractivity contribution in [2.45, 2.75) is 26.2 Å². The van der Waals surface area contributed by atoms with Gasteiger partial charge in [-0.2, -0.15) is 0 Å². The van der Waals surface area contributed by atoms with Crippen LogP contribution in [-0.4, -0.2) is 55.0 Å². The number of piperazine rings is 1. The highest BCUT2D eigenvalue weighted by atomic mass is 32.1. The van der Waals surface area contributed by atoms with Crippen molar-refractivity contribution in [2.24, 2.45) is 5.92 Å². The van der Waals surface area contributed by atoms with Gasteiger partial charge in [-0.05, 0) is 31.4 Å². The number of thiazole rings is 1. The molecule has 9 heteroatoms. The highest BCUT2D eigenvalue weighted by Crippen LogP contribution is 2.35. The van der Waals surface area contributed by atoms with Crippen LogP contribution in [0.15, 0.2) is 18.2 Å². The molecule has 2 aliphatic rings. The van der Waals surface area contributed by atoms with E-state index in [2.05, 4.69) is 10.2 Å². The Kier molecular flexibility index (Phi) is 5.90. The molecule has 30 heavy (non-hydrogen) atoms. The molecule has 0 saturated carbocycles. The van der Waals surface area contributed by atoms with E-state index in [4.69, 9.17) is 9.72 Å². The van der Waals surface area contributed by atoms with E-state index >= 15 is 0 Å². The Balaban J connectivity index is 1.38. The van der Waals surface area contributed by atoms with Crippen LogP contribution in [0, 0.1) is 11.7 Å². The van der Waals surface area contributed by atoms with Crippen LogP contribution in [0.4, 0.5) is 15.2 Å². The lowest BCUT2D eigenvalue weighted by Crippen LogP contribution is -2.48. The molecule has 1 N–H and O–H groups in total. The fourth-order valence-electron chi connectivity index (χ4n) is 3.92. The van der Waals surface area contributed by atoms with Gasteiger partial charge in [0.2, 0.25) is 11.8 Å². The summed E-state index contributed by atoms with van der Waals surface area (Å²) in [7, 11) is 1.41. The van der Waals surface area contributed by atoms with Crippen molar-refractivity contribution in [3.63, 3.8) is 0 Å². The molecule has 2 amide bonds. The summed E-state index contributed by atoms with van der Waals surface area (Å²) in [6, 6.07) is 4.42. The van der Waals surface area contributed by atoms with Crippen LogP contribution in [0.3, 0.4) is 0 Å². The Morgan fingerprint density at radius 1 is 1.27 bits per heavy atom. The second-order valence-corrected chi connectivity index (χ2v) is 8.70. The predicted octanol–water partition coefficient (Wildman–Crippen LogP) is 2.70. The highest BCUT2D eigenvalue weighted by Gasteiger charge is 2.29. The standard InChI is InChI=1S/C21H25FN4O3S/c1-13(27)25-7-9-26(10-8-25)21-24-17-5-3-14(11-19(17)30-21)20(28)23-15-4-6-18(29-2)16(22)12-15/h4,6,12,14H,3,5,7-11H2,1-2H3,(H,23,28). The number of methoxy groups -OCH3 is 1. The number of benzene rings is 1. The first-order valence-electron chi connectivity index (χ1n) is 10.1. The van der Waals surface area contributed by atoms with Gasteiger partial charge >= 0.3 is 0 Å². The smallest absolute Gasteiger partial charge is 0.227 e. The first kappa shape index (κ1) is 20.6. The topological polar surface area (TPSA) is 74.8 Å². The summed E-state index contributed by atoms with van der Waals surface area (Å²) < 4.78 is 18.8. The van der Waals surface area contributed by atoms with Gasteiger partial charge in [-0.25, -0.2) is 9.37 Å². The van der Waals surface area contributed by atoms with Gasteiger partial charge in [-0.1, -0.05) is 0 Å². The summed E-state index contributed by atoms with van der Waals surface area (Å²) in [6.07, 6.45) is 2.12. The fourth-order valence-corrected chi connectivity index (χ4v) is 5.16. The number of aryl methyl sites for hydroxylation is 1. The lowest BCUT2D eigenvalue weighted by molar-refractivity contribution is -0.129. The van der Waals surface area contributed by atoms with Gasteiger partial charge < -0.3 is 19.9 Å². The molecule has 1 aromatic heterocycles. The third-order valence-electron chi connectivity index (χ3n) is 5.71. The van der Waals surface area contributed by atoms with E-state index in [0.717, 1.165) is 41.6 Å². The van der Waals surface area contributed by atoms with Crippen molar-refractivity contribution < 1.29 is 18.7 Å². The number of carbonyl (C=O) groups is 2. The third-order valence-corrected chi connectivity index (χ3v) is 6.89. The molecule has 1 fully saturated rings. The molecule has 1 aliphatic heterocycles. The number of rotatable bonds is 4. The first-order chi connectivity index (χ1) is 14.4. The third kappa shape index (κ3) is 4.26. The Morgan fingerprint density at radius 2 is 2.03 bits per heavy atom. The normalized spacial score (nSPS) is 18.7. The van der Waals surface area contributed by atoms with Crippen LogP contribution in [0.25, 0.3) is 0 Å². The number of aromatic nitrogens is 1. The summed E-state index contributed by atoms with van der Waals surface area (Å²) in [4.78, 5) is 34.3. The summed E-state index contributed by atoms with van der Waals surface area (Å²) in [5, 5.41) is 3.80. The second-order valence-electron chi connectivity index (χ2n) is 7.64. The van der Waals surface area contributed by atoms with Gasteiger partial charge in [-0.3, -0.25) is 9.59 Å². The van der Waals surface area contributed by atoms with Crippen LogP contribution in [0.2, 0.25) is 0 Å². The van der Waals surface area contributed by atoms with Gasteiger partial charge in [0.15, 0.2) is 16.7 Å². The molecule has 2 aromatic rings. The number of fused-ring (bicyclic) bond motifs is 1. The number of carbonyl (C=O) groups excluding carboxylic acids is 2. The molecule has 1 aromatic carbocycles. The van der Waals surface area contributed by atoms with E-state index in [1.165, 1.54) is 19.2 Å². The number of nitrogens with one attached hydrogen (secondary N) is 1. The van der Waals surface area contributed by atoms with E-state index in [1.807, 2.05) is 4.90 Å². The Bertz CT molecular complexity index is 956. The first-order valence-corrected chi connectivity index (χ1v) is 10.9. The SMILES string of the molecule is COc1ccc(NC(=O)C2CCc3nc(N4CCN(C(C)=O)CC4)sc3C2)cc1F. The second kappa shape index (κ2) is 8.59. The van der Waals surface area contributed by atoms with Crippen LogP contribution in [-0.2, 0) is 22.4 Å². The van der Waals surface area contributed by atoms with Gasteiger partial charge in [0.25, 0.3) is 0 Å². The maximum absolute atomic E-state index is 13.9. The summed E-state index contributed by atoms with van der Waals surface area (Å²) in [5.41, 5.74) is 1.50. The van der Waals surface area contributed by atoms with Crippen molar-refractivity contribution in [1.82, 2.24) is 9.88 Å². The minimum absolute atomic E-state index is 0.102. The number of hydrogen-bond acceptors (Lipinski definition) is 6. The average Bonchev–Trinajstić information content (AvgIpc) is 3.17. The van der Waals surface area contributed by atoms with Crippen LogP contribution in [0.1, 0.15) is 23.9 Å². The molecule has 4 rings (SSSR count). The van der Waals surface area contributed by atoms with Crippen molar-refractivity contribution in [3.05, 3.63) is 34.6 Å². The van der Waals surface area contributed by atoms with Gasteiger partial charge in [0.05, 0.1) is 12.8 Å². The predicted molar refractivity (Wildman–Crippen MR) is 114 cm³/mol. The molecular formula is C21H25FN4O3S. The van der Waals surface area contributed by atoms with E-state index in [1.54, 1.807) is 24.3 Å². The number of nitrogens with zero attached hydrogens (tertiary/aromatic N) is 3. The summed E-state index contributed by atoms with van der Waals surface area (Å²) in [5.74, 6) is -0.505. The van der Waals surface area contributed by atoms with Crippen LogP contribution < -0.4 is 15.0 Å². The Labute approximate surface area is 178 Å². The number of amides is 2. The molecule has 7 nitrogen and oxygen atoms in total. The van der Waals surface area contributed by atoms with E-state index in [-0.39, 0.29) is 23.5 Å². The maximum atomic E-state index is 13.9. The molecule has 1 unspecified atom stereocenters. The fraction of sp³-hybridized carbons (Fsp3) is 0.476. The van der Waals surface area contributed by atoms with Gasteiger partial charge in [-0.15, -0.1) is 11.3 Å².